The van der Waals surface area contributed by atoms with Crippen LogP contribution in [0.2, 0.25) is 0 Å². The van der Waals surface area contributed by atoms with E-state index in [1.165, 1.54) is 12.1 Å². The summed E-state index contributed by atoms with van der Waals surface area (Å²) in [6.45, 7) is 7.00. The topological polar surface area (TPSA) is 36.0 Å². The van der Waals surface area contributed by atoms with Crippen molar-refractivity contribution in [1.29, 1.82) is 0 Å². The van der Waals surface area contributed by atoms with Gasteiger partial charge >= 0.3 is 6.18 Å². The lowest BCUT2D eigenvalue weighted by Crippen LogP contribution is -2.48. The van der Waals surface area contributed by atoms with E-state index in [1.807, 2.05) is 54.3 Å². The van der Waals surface area contributed by atoms with Crippen molar-refractivity contribution < 1.29 is 22.7 Å². The van der Waals surface area contributed by atoms with E-state index in [2.05, 4.69) is 15.9 Å². The Morgan fingerprint density at radius 3 is 2.33 bits per heavy atom. The van der Waals surface area contributed by atoms with Crippen LogP contribution < -0.4 is 9.64 Å². The molecule has 0 aromatic heterocycles. The van der Waals surface area contributed by atoms with Crippen molar-refractivity contribution in [3.05, 3.63) is 95.1 Å². The van der Waals surface area contributed by atoms with Crippen LogP contribution in [0.5, 0.6) is 5.75 Å². The third-order valence-corrected chi connectivity index (χ3v) is 7.95. The van der Waals surface area contributed by atoms with Crippen molar-refractivity contribution in [3.8, 4) is 5.75 Å². The van der Waals surface area contributed by atoms with E-state index in [0.29, 0.717) is 24.2 Å². The van der Waals surface area contributed by atoms with Crippen LogP contribution in [0.25, 0.3) is 0 Å². The first-order valence-electron chi connectivity index (χ1n) is 13.4. The molecular weight excluding hydrogens is 503 g/mol. The van der Waals surface area contributed by atoms with Gasteiger partial charge in [0, 0.05) is 69.0 Å². The quantitative estimate of drug-likeness (QED) is 0.404. The number of likely N-dealkylation sites (tertiary alicyclic amines) is 1. The summed E-state index contributed by atoms with van der Waals surface area (Å²) in [6.07, 6.45) is -4.40. The Balaban J connectivity index is 1.32. The minimum absolute atomic E-state index is 0.0336. The molecule has 0 saturated carbocycles. The van der Waals surface area contributed by atoms with Gasteiger partial charge in [-0.15, -0.1) is 0 Å². The third-order valence-electron chi connectivity index (χ3n) is 7.95. The number of piperazine rings is 1. The van der Waals surface area contributed by atoms with Gasteiger partial charge in [0.05, 0.1) is 12.7 Å². The smallest absolute Gasteiger partial charge is 0.416 e. The number of methoxy groups -OCH3 is 1. The van der Waals surface area contributed by atoms with E-state index in [9.17, 15) is 18.0 Å². The number of hydrogen-bond acceptors (Lipinski definition) is 4. The zero-order chi connectivity index (χ0) is 27.6. The molecule has 0 bridgehead atoms. The van der Waals surface area contributed by atoms with E-state index < -0.39 is 11.7 Å². The summed E-state index contributed by atoms with van der Waals surface area (Å²) in [5, 5.41) is 0. The van der Waals surface area contributed by atoms with Crippen molar-refractivity contribution in [2.45, 2.75) is 19.0 Å². The Morgan fingerprint density at radius 1 is 0.923 bits per heavy atom. The van der Waals surface area contributed by atoms with Crippen LogP contribution >= 0.6 is 0 Å². The molecule has 0 aliphatic carbocycles. The molecule has 5 nitrogen and oxygen atoms in total. The van der Waals surface area contributed by atoms with Crippen LogP contribution in [-0.2, 0) is 6.18 Å². The number of hydrogen-bond donors (Lipinski definition) is 0. The van der Waals surface area contributed by atoms with E-state index in [0.717, 1.165) is 55.8 Å². The summed E-state index contributed by atoms with van der Waals surface area (Å²) in [5.41, 5.74) is 2.79. The lowest BCUT2D eigenvalue weighted by Gasteiger charge is -2.38. The molecule has 2 fully saturated rings. The molecule has 2 heterocycles. The largest absolute Gasteiger partial charge is 0.497 e. The summed E-state index contributed by atoms with van der Waals surface area (Å²) in [5.74, 6) is 0.616. The van der Waals surface area contributed by atoms with Crippen molar-refractivity contribution in [2.24, 2.45) is 5.92 Å². The predicted octanol–water partition coefficient (Wildman–Crippen LogP) is 5.70. The van der Waals surface area contributed by atoms with Crippen molar-refractivity contribution in [1.82, 2.24) is 9.80 Å². The molecular formula is C31H34F3N3O2. The fourth-order valence-corrected chi connectivity index (χ4v) is 5.75. The van der Waals surface area contributed by atoms with Gasteiger partial charge in [0.1, 0.15) is 5.75 Å². The maximum Gasteiger partial charge on any atom is 0.416 e. The highest BCUT2D eigenvalue weighted by Gasteiger charge is 2.39. The van der Waals surface area contributed by atoms with E-state index in [4.69, 9.17) is 4.74 Å². The molecule has 2 atom stereocenters. The number of ether oxygens (including phenoxy) is 1. The molecule has 5 rings (SSSR count). The molecule has 2 saturated heterocycles. The molecule has 2 aliphatic rings. The molecule has 206 valence electrons. The Labute approximate surface area is 227 Å². The van der Waals surface area contributed by atoms with E-state index in [1.54, 1.807) is 13.2 Å². The van der Waals surface area contributed by atoms with Gasteiger partial charge in [0.25, 0.3) is 5.91 Å². The number of halogens is 3. The summed E-state index contributed by atoms with van der Waals surface area (Å²) in [7, 11) is 1.66. The van der Waals surface area contributed by atoms with Crippen molar-refractivity contribution in [2.75, 3.05) is 57.8 Å². The van der Waals surface area contributed by atoms with Gasteiger partial charge in [0.15, 0.2) is 0 Å². The number of amides is 1. The summed E-state index contributed by atoms with van der Waals surface area (Å²) in [6, 6.07) is 21.1. The van der Waals surface area contributed by atoms with Gasteiger partial charge in [-0.1, -0.05) is 42.0 Å². The molecule has 2 unspecified atom stereocenters. The number of anilines is 1. The fourth-order valence-electron chi connectivity index (χ4n) is 5.75. The number of benzene rings is 3. The number of carbonyl (C=O) groups is 1. The summed E-state index contributed by atoms with van der Waals surface area (Å²) >= 11 is 0. The van der Waals surface area contributed by atoms with Gasteiger partial charge in [-0.2, -0.15) is 13.2 Å². The van der Waals surface area contributed by atoms with Crippen molar-refractivity contribution in [3.63, 3.8) is 0 Å². The van der Waals surface area contributed by atoms with Crippen LogP contribution in [-0.4, -0.2) is 68.6 Å². The maximum absolute atomic E-state index is 13.5. The zero-order valence-corrected chi connectivity index (χ0v) is 22.3. The molecule has 0 radical (unpaired) electrons. The van der Waals surface area contributed by atoms with E-state index in [-0.39, 0.29) is 17.7 Å². The number of rotatable bonds is 6. The number of alkyl halides is 3. The van der Waals surface area contributed by atoms with Crippen LogP contribution in [0.1, 0.15) is 33.0 Å². The van der Waals surface area contributed by atoms with Crippen LogP contribution in [0, 0.1) is 12.8 Å². The molecule has 3 aromatic carbocycles. The molecule has 39 heavy (non-hydrogen) atoms. The average molecular weight is 538 g/mol. The highest BCUT2D eigenvalue weighted by Crippen LogP contribution is 2.37. The predicted molar refractivity (Wildman–Crippen MR) is 146 cm³/mol. The van der Waals surface area contributed by atoms with Gasteiger partial charge < -0.3 is 14.5 Å². The number of aryl methyl sites for hydroxylation is 1. The Kier molecular flexibility index (Phi) is 7.84. The lowest BCUT2D eigenvalue weighted by atomic mass is 9.87. The van der Waals surface area contributed by atoms with Crippen molar-refractivity contribution >= 4 is 11.6 Å². The lowest BCUT2D eigenvalue weighted by molar-refractivity contribution is -0.137. The minimum Gasteiger partial charge on any atom is -0.497 e. The normalized spacial score (nSPS) is 20.3. The first kappa shape index (κ1) is 27.1. The van der Waals surface area contributed by atoms with Gasteiger partial charge in [-0.3, -0.25) is 9.69 Å². The molecule has 1 amide bonds. The average Bonchev–Trinajstić information content (AvgIpc) is 3.37. The molecule has 0 spiro atoms. The second-order valence-corrected chi connectivity index (χ2v) is 10.6. The van der Waals surface area contributed by atoms with Crippen LogP contribution in [0.3, 0.4) is 0 Å². The first-order chi connectivity index (χ1) is 18.7. The Bertz CT molecular complexity index is 1290. The van der Waals surface area contributed by atoms with Crippen LogP contribution in [0.15, 0.2) is 72.8 Å². The highest BCUT2D eigenvalue weighted by molar-refractivity contribution is 5.94. The second-order valence-electron chi connectivity index (χ2n) is 10.6. The molecule has 8 heteroatoms. The second kappa shape index (κ2) is 11.3. The summed E-state index contributed by atoms with van der Waals surface area (Å²) < 4.78 is 45.9. The van der Waals surface area contributed by atoms with E-state index >= 15 is 0 Å². The monoisotopic (exact) mass is 537 g/mol. The fraction of sp³-hybridized carbons (Fsp3) is 0.387. The maximum atomic E-state index is 13.5. The minimum atomic E-state index is -4.40. The highest BCUT2D eigenvalue weighted by atomic mass is 19.4. The summed E-state index contributed by atoms with van der Waals surface area (Å²) in [4.78, 5) is 19.9. The number of carbonyl (C=O) groups excluding carboxylic acids is 1. The molecule has 3 aromatic rings. The zero-order valence-electron chi connectivity index (χ0n) is 22.3. The SMILES string of the molecule is COc1cccc(N2CCN(CC3CN(C(=O)c4ccc(C)cc4)CC3c3cccc(C(F)(F)F)c3)CC2)c1. The Morgan fingerprint density at radius 2 is 1.64 bits per heavy atom. The first-order valence-corrected chi connectivity index (χ1v) is 13.4. The number of nitrogens with zero attached hydrogens (tertiary/aromatic N) is 3. The standard InChI is InChI=1S/C31H34F3N3O2/c1-22-9-11-23(12-10-22)30(38)37-20-25(29(21-37)24-5-3-6-26(17-24)31(32,33)34)19-35-13-15-36(16-14-35)27-7-4-8-28(18-27)39-2/h3-12,17-18,25,29H,13-16,19-21H2,1-2H3. The van der Waals surface area contributed by atoms with Gasteiger partial charge in [-0.05, 0) is 48.7 Å². The van der Waals surface area contributed by atoms with Gasteiger partial charge in [-0.25, -0.2) is 0 Å². The molecule has 2 aliphatic heterocycles. The third kappa shape index (κ3) is 6.22. The van der Waals surface area contributed by atoms with Crippen LogP contribution in [0.4, 0.5) is 18.9 Å². The molecule has 0 N–H and O–H groups in total. The Hall–Kier alpha value is -3.52. The van der Waals surface area contributed by atoms with Gasteiger partial charge in [0.2, 0.25) is 0 Å².